The second kappa shape index (κ2) is 13.1. The van der Waals surface area contributed by atoms with E-state index in [1.165, 1.54) is 33.7 Å². The largest absolute Gasteiger partial charge is 0.454 e. The Hall–Kier alpha value is -2.71. The van der Waals surface area contributed by atoms with Crippen LogP contribution in [0.3, 0.4) is 0 Å². The molecule has 2 atom stereocenters. The minimum atomic E-state index is -4.28. The quantitative estimate of drug-likeness (QED) is 0.320. The maximum absolute atomic E-state index is 14.3. The molecule has 1 unspecified atom stereocenters. The number of aliphatic hydroxyl groups is 1. The smallest absolute Gasteiger partial charge is 0.243 e. The van der Waals surface area contributed by atoms with Gasteiger partial charge < -0.3 is 20.3 Å². The van der Waals surface area contributed by atoms with Crippen molar-refractivity contribution in [3.8, 4) is 11.5 Å². The number of fused-ring (bicyclic) bond motifs is 1. The van der Waals surface area contributed by atoms with E-state index in [2.05, 4.69) is 0 Å². The second-order valence-electron chi connectivity index (χ2n) is 12.1. The van der Waals surface area contributed by atoms with Crippen LogP contribution in [-0.4, -0.2) is 79.8 Å². The number of hydrogen-bond donors (Lipinski definition) is 2. The summed E-state index contributed by atoms with van der Waals surface area (Å²) in [6.07, 6.45) is 1.18. The lowest BCUT2D eigenvalue weighted by molar-refractivity contribution is -0.121. The van der Waals surface area contributed by atoms with Crippen LogP contribution in [0.15, 0.2) is 53.4 Å². The molecule has 0 aliphatic carbocycles. The number of nitrogens with zero attached hydrogens (tertiary/aromatic N) is 2. The van der Waals surface area contributed by atoms with Crippen LogP contribution >= 0.6 is 0 Å². The van der Waals surface area contributed by atoms with Crippen molar-refractivity contribution < 1.29 is 36.2 Å². The molecular weight excluding hydrogens is 594 g/mol. The molecule has 0 saturated carbocycles. The van der Waals surface area contributed by atoms with Gasteiger partial charge in [-0.3, -0.25) is 4.79 Å². The SMILES string of the molecule is CC(C)CN(CC[C@](O)(Cc1ccccc1)C(C)(CC(N)=O)S(=O)(=O)N1CCCCC1)S(=O)(=O)c1ccc2c(c1)OCO2. The molecule has 11 nitrogen and oxygen atoms in total. The fourth-order valence-electron chi connectivity index (χ4n) is 5.90. The number of carbonyl (C=O) groups is 1. The van der Waals surface area contributed by atoms with E-state index in [9.17, 15) is 26.7 Å². The van der Waals surface area contributed by atoms with Crippen LogP contribution in [0.5, 0.6) is 11.5 Å². The predicted molar refractivity (Wildman–Crippen MR) is 162 cm³/mol. The Bertz CT molecular complexity index is 1490. The number of amides is 1. The van der Waals surface area contributed by atoms with Crippen LogP contribution < -0.4 is 15.2 Å². The fourth-order valence-corrected chi connectivity index (χ4v) is 9.81. The molecule has 43 heavy (non-hydrogen) atoms. The minimum Gasteiger partial charge on any atom is -0.454 e. The average Bonchev–Trinajstić information content (AvgIpc) is 3.44. The summed E-state index contributed by atoms with van der Waals surface area (Å²) >= 11 is 0. The Morgan fingerprint density at radius 3 is 2.30 bits per heavy atom. The Morgan fingerprint density at radius 2 is 1.67 bits per heavy atom. The van der Waals surface area contributed by atoms with Gasteiger partial charge in [-0.2, -0.15) is 4.31 Å². The van der Waals surface area contributed by atoms with Crippen molar-refractivity contribution in [2.75, 3.05) is 33.0 Å². The van der Waals surface area contributed by atoms with E-state index in [1.54, 1.807) is 30.3 Å². The molecule has 2 aliphatic heterocycles. The molecular formula is C30H43N3O8S2. The number of carbonyl (C=O) groups excluding carboxylic acids is 1. The molecule has 238 valence electrons. The molecule has 1 saturated heterocycles. The first kappa shape index (κ1) is 33.2. The Balaban J connectivity index is 1.76. The van der Waals surface area contributed by atoms with Gasteiger partial charge in [-0.05, 0) is 49.8 Å². The van der Waals surface area contributed by atoms with Crippen molar-refractivity contribution in [2.45, 2.75) is 74.5 Å². The van der Waals surface area contributed by atoms with Gasteiger partial charge in [-0.25, -0.2) is 21.1 Å². The number of ether oxygens (including phenoxy) is 2. The molecule has 13 heteroatoms. The Kier molecular flexibility index (Phi) is 10.1. The average molecular weight is 638 g/mol. The van der Waals surface area contributed by atoms with Gasteiger partial charge in [0.1, 0.15) is 4.75 Å². The second-order valence-corrected chi connectivity index (χ2v) is 16.4. The normalized spacial score (nSPS) is 18.8. The molecule has 0 bridgehead atoms. The van der Waals surface area contributed by atoms with Gasteiger partial charge in [-0.15, -0.1) is 0 Å². The zero-order valence-electron chi connectivity index (χ0n) is 25.1. The highest BCUT2D eigenvalue weighted by Crippen LogP contribution is 2.42. The summed E-state index contributed by atoms with van der Waals surface area (Å²) in [5, 5.41) is 12.6. The van der Waals surface area contributed by atoms with Gasteiger partial charge in [0.05, 0.1) is 10.5 Å². The summed E-state index contributed by atoms with van der Waals surface area (Å²) in [7, 11) is -8.38. The topological polar surface area (TPSA) is 157 Å². The maximum Gasteiger partial charge on any atom is 0.243 e. The number of benzene rings is 2. The van der Waals surface area contributed by atoms with E-state index in [1.807, 2.05) is 13.8 Å². The van der Waals surface area contributed by atoms with Crippen LogP contribution in [0.1, 0.15) is 58.4 Å². The Morgan fingerprint density at radius 1 is 1.02 bits per heavy atom. The summed E-state index contributed by atoms with van der Waals surface area (Å²) in [5.41, 5.74) is 4.22. The van der Waals surface area contributed by atoms with Gasteiger partial charge >= 0.3 is 0 Å². The van der Waals surface area contributed by atoms with Gasteiger partial charge in [-0.1, -0.05) is 50.6 Å². The minimum absolute atomic E-state index is 0.00893. The number of piperidine rings is 1. The monoisotopic (exact) mass is 637 g/mol. The summed E-state index contributed by atoms with van der Waals surface area (Å²) in [6.45, 7) is 5.55. The van der Waals surface area contributed by atoms with E-state index < -0.39 is 42.7 Å². The summed E-state index contributed by atoms with van der Waals surface area (Å²) in [5.74, 6) is -0.203. The molecule has 2 heterocycles. The van der Waals surface area contributed by atoms with E-state index in [4.69, 9.17) is 15.2 Å². The van der Waals surface area contributed by atoms with Crippen LogP contribution in [0.4, 0.5) is 0 Å². The number of nitrogens with two attached hydrogens (primary N) is 1. The summed E-state index contributed by atoms with van der Waals surface area (Å²) in [4.78, 5) is 12.5. The first-order valence-corrected chi connectivity index (χ1v) is 17.5. The Labute approximate surface area is 255 Å². The van der Waals surface area contributed by atoms with Crippen LogP contribution in [0.2, 0.25) is 0 Å². The maximum atomic E-state index is 14.3. The van der Waals surface area contributed by atoms with E-state index in [-0.39, 0.29) is 56.6 Å². The molecule has 1 fully saturated rings. The fraction of sp³-hybridized carbons (Fsp3) is 0.567. The van der Waals surface area contributed by atoms with Gasteiger partial charge in [0.25, 0.3) is 0 Å². The number of primary amides is 1. The van der Waals surface area contributed by atoms with E-state index in [0.29, 0.717) is 29.9 Å². The molecule has 0 radical (unpaired) electrons. The van der Waals surface area contributed by atoms with Crippen molar-refractivity contribution in [1.29, 1.82) is 0 Å². The van der Waals surface area contributed by atoms with Crippen molar-refractivity contribution in [3.63, 3.8) is 0 Å². The predicted octanol–water partition coefficient (Wildman–Crippen LogP) is 2.88. The van der Waals surface area contributed by atoms with Crippen LogP contribution in [-0.2, 0) is 31.3 Å². The van der Waals surface area contributed by atoms with Crippen molar-refractivity contribution in [2.24, 2.45) is 11.7 Å². The number of rotatable bonds is 14. The summed E-state index contributed by atoms with van der Waals surface area (Å²) < 4.78 is 67.9. The highest BCUT2D eigenvalue weighted by atomic mass is 32.2. The molecule has 3 N–H and O–H groups in total. The first-order valence-electron chi connectivity index (χ1n) is 14.6. The lowest BCUT2D eigenvalue weighted by Crippen LogP contribution is -2.64. The lowest BCUT2D eigenvalue weighted by Gasteiger charge is -2.47. The van der Waals surface area contributed by atoms with Crippen molar-refractivity contribution in [3.05, 3.63) is 54.1 Å². The van der Waals surface area contributed by atoms with Crippen LogP contribution in [0, 0.1) is 5.92 Å². The van der Waals surface area contributed by atoms with Gasteiger partial charge in [0.2, 0.25) is 32.7 Å². The highest BCUT2D eigenvalue weighted by Gasteiger charge is 2.58. The molecule has 0 spiro atoms. The van der Waals surface area contributed by atoms with Crippen molar-refractivity contribution in [1.82, 2.24) is 8.61 Å². The molecule has 2 aromatic carbocycles. The third-order valence-corrected chi connectivity index (χ3v) is 13.0. The van der Waals surface area contributed by atoms with Crippen LogP contribution in [0.25, 0.3) is 0 Å². The highest BCUT2D eigenvalue weighted by molar-refractivity contribution is 7.90. The molecule has 2 aromatic rings. The zero-order valence-corrected chi connectivity index (χ0v) is 26.7. The standard InChI is InChI=1S/C30H43N3O8S2/c1-23(2)21-33(42(36,37)25-12-13-26-27(18-25)41-22-40-26)17-14-30(35,19-24-10-6-4-7-11-24)29(3,20-28(31)34)43(38,39)32-15-8-5-9-16-32/h4,6-7,10-13,18,23,35H,5,8-9,14-17,19-22H2,1-3H3,(H2,31,34)/t29?,30-/m0/s1. The zero-order chi connectivity index (χ0) is 31.5. The molecule has 1 amide bonds. The third-order valence-electron chi connectivity index (χ3n) is 8.39. The molecule has 4 rings (SSSR count). The first-order chi connectivity index (χ1) is 20.2. The van der Waals surface area contributed by atoms with Gasteiger partial charge in [0, 0.05) is 45.1 Å². The lowest BCUT2D eigenvalue weighted by atomic mass is 9.78. The molecule has 0 aromatic heterocycles. The van der Waals surface area contributed by atoms with E-state index in [0.717, 1.165) is 6.42 Å². The van der Waals surface area contributed by atoms with E-state index >= 15 is 0 Å². The van der Waals surface area contributed by atoms with Crippen molar-refractivity contribution >= 4 is 26.0 Å². The molecule has 2 aliphatic rings. The van der Waals surface area contributed by atoms with Gasteiger partial charge in [0.15, 0.2) is 11.5 Å². The number of hydrogen-bond acceptors (Lipinski definition) is 8. The summed E-state index contributed by atoms with van der Waals surface area (Å²) in [6, 6.07) is 13.2. The number of sulfonamides is 2. The third kappa shape index (κ3) is 7.01.